The highest BCUT2D eigenvalue weighted by Gasteiger charge is 2.41. The number of ether oxygens (including phenoxy) is 2. The average molecular weight is 305 g/mol. The summed E-state index contributed by atoms with van der Waals surface area (Å²) in [7, 11) is 1.72. The van der Waals surface area contributed by atoms with Crippen LogP contribution in [0.2, 0.25) is 0 Å². The summed E-state index contributed by atoms with van der Waals surface area (Å²) < 4.78 is 16.7. The molecule has 2 saturated heterocycles. The summed E-state index contributed by atoms with van der Waals surface area (Å²) in [4.78, 5) is 6.90. The van der Waals surface area contributed by atoms with E-state index in [0.717, 1.165) is 57.8 Å². The van der Waals surface area contributed by atoms with Crippen molar-refractivity contribution in [2.24, 2.45) is 0 Å². The first kappa shape index (κ1) is 15.5. The maximum absolute atomic E-state index is 5.79. The third-order valence-electron chi connectivity index (χ3n) is 4.79. The third-order valence-corrected chi connectivity index (χ3v) is 4.79. The summed E-state index contributed by atoms with van der Waals surface area (Å²) >= 11 is 0. The van der Waals surface area contributed by atoms with Crippen molar-refractivity contribution >= 4 is 0 Å². The van der Waals surface area contributed by atoms with Gasteiger partial charge in [-0.2, -0.15) is 4.98 Å². The second-order valence-corrected chi connectivity index (χ2v) is 6.02. The molecule has 2 aliphatic heterocycles. The van der Waals surface area contributed by atoms with Gasteiger partial charge < -0.3 is 14.0 Å². The quantitative estimate of drug-likeness (QED) is 0.786. The zero-order valence-electron chi connectivity index (χ0n) is 13.1. The van der Waals surface area contributed by atoms with Crippen molar-refractivity contribution in [2.75, 3.05) is 40.0 Å². The van der Waals surface area contributed by atoms with Gasteiger partial charge in [-0.3, -0.25) is 4.90 Å². The van der Waals surface area contributed by atoms with E-state index < -0.39 is 5.60 Å². The molecule has 0 N–H and O–H groups in total. The van der Waals surface area contributed by atoms with E-state index in [1.807, 2.05) is 0 Å². The molecular weight excluding hydrogens is 282 g/mol. The number of hydrogen-bond acceptors (Lipinski definition) is 6. The Morgan fingerprint density at radius 1 is 1.36 bits per heavy atom. The first-order chi connectivity index (χ1) is 10.8. The molecular formula is C16H23N3O3. The topological polar surface area (TPSA) is 60.6 Å². The Bertz CT molecular complexity index is 523. The van der Waals surface area contributed by atoms with Gasteiger partial charge >= 0.3 is 0 Å². The molecule has 0 saturated carbocycles. The molecule has 0 amide bonds. The van der Waals surface area contributed by atoms with Gasteiger partial charge in [0.1, 0.15) is 5.60 Å². The monoisotopic (exact) mass is 305 g/mol. The number of nitrogens with zero attached hydrogens (tertiary/aromatic N) is 3. The molecule has 0 bridgehead atoms. The Kier molecular flexibility index (Phi) is 4.77. The molecule has 1 aromatic heterocycles. The Balaban J connectivity index is 1.71. The molecule has 0 spiro atoms. The SMILES string of the molecule is C#CCN1CCC(OC)(c2nc(C3CCOCC3)no2)CC1. The van der Waals surface area contributed by atoms with E-state index in [2.05, 4.69) is 21.0 Å². The van der Waals surface area contributed by atoms with Crippen molar-refractivity contribution in [1.29, 1.82) is 0 Å². The molecule has 3 heterocycles. The number of rotatable bonds is 4. The lowest BCUT2D eigenvalue weighted by Crippen LogP contribution is -2.44. The molecule has 0 unspecified atom stereocenters. The van der Waals surface area contributed by atoms with Crippen molar-refractivity contribution in [2.45, 2.75) is 37.2 Å². The van der Waals surface area contributed by atoms with E-state index in [9.17, 15) is 0 Å². The largest absolute Gasteiger partial charge is 0.381 e. The van der Waals surface area contributed by atoms with Crippen LogP contribution in [0.25, 0.3) is 0 Å². The fourth-order valence-electron chi connectivity index (χ4n) is 3.25. The van der Waals surface area contributed by atoms with Crippen LogP contribution in [0.1, 0.15) is 43.3 Å². The number of methoxy groups -OCH3 is 1. The van der Waals surface area contributed by atoms with Crippen LogP contribution >= 0.6 is 0 Å². The molecule has 0 radical (unpaired) electrons. The summed E-state index contributed by atoms with van der Waals surface area (Å²) in [5, 5.41) is 4.20. The van der Waals surface area contributed by atoms with Crippen LogP contribution in [-0.4, -0.2) is 55.0 Å². The summed E-state index contributed by atoms with van der Waals surface area (Å²) in [5.41, 5.74) is -0.471. The smallest absolute Gasteiger partial charge is 0.258 e. The third kappa shape index (κ3) is 3.02. The molecule has 0 atom stereocenters. The molecule has 1 aromatic rings. The fraction of sp³-hybridized carbons (Fsp3) is 0.750. The van der Waals surface area contributed by atoms with Gasteiger partial charge in [-0.05, 0) is 25.7 Å². The van der Waals surface area contributed by atoms with E-state index in [-0.39, 0.29) is 0 Å². The first-order valence-corrected chi connectivity index (χ1v) is 7.90. The van der Waals surface area contributed by atoms with Crippen LogP contribution in [0.3, 0.4) is 0 Å². The van der Waals surface area contributed by atoms with Crippen molar-refractivity contribution in [1.82, 2.24) is 15.0 Å². The van der Waals surface area contributed by atoms with E-state index in [4.69, 9.17) is 20.4 Å². The highest BCUT2D eigenvalue weighted by atomic mass is 16.5. The van der Waals surface area contributed by atoms with Crippen molar-refractivity contribution in [3.05, 3.63) is 11.7 Å². The van der Waals surface area contributed by atoms with Gasteiger partial charge in [-0.1, -0.05) is 11.1 Å². The zero-order valence-corrected chi connectivity index (χ0v) is 13.1. The number of terminal acetylenes is 1. The summed E-state index contributed by atoms with van der Waals surface area (Å²) in [5.74, 6) is 4.43. The molecule has 0 aromatic carbocycles. The van der Waals surface area contributed by atoms with Crippen LogP contribution in [0.4, 0.5) is 0 Å². The van der Waals surface area contributed by atoms with Gasteiger partial charge in [-0.25, -0.2) is 0 Å². The van der Waals surface area contributed by atoms with Crippen LogP contribution < -0.4 is 0 Å². The predicted octanol–water partition coefficient (Wildman–Crippen LogP) is 1.53. The lowest BCUT2D eigenvalue weighted by Gasteiger charge is -2.37. The van der Waals surface area contributed by atoms with Crippen molar-refractivity contribution in [3.8, 4) is 12.3 Å². The highest BCUT2D eigenvalue weighted by molar-refractivity contribution is 5.06. The first-order valence-electron chi connectivity index (χ1n) is 7.90. The van der Waals surface area contributed by atoms with Gasteiger partial charge in [0, 0.05) is 39.3 Å². The van der Waals surface area contributed by atoms with Gasteiger partial charge in [0.2, 0.25) is 0 Å². The van der Waals surface area contributed by atoms with Crippen molar-refractivity contribution < 1.29 is 14.0 Å². The second-order valence-electron chi connectivity index (χ2n) is 6.02. The van der Waals surface area contributed by atoms with Crippen LogP contribution in [0.15, 0.2) is 4.52 Å². The molecule has 2 fully saturated rings. The van der Waals surface area contributed by atoms with E-state index in [1.165, 1.54) is 0 Å². The van der Waals surface area contributed by atoms with Crippen LogP contribution in [0, 0.1) is 12.3 Å². The van der Waals surface area contributed by atoms with Crippen LogP contribution in [-0.2, 0) is 15.1 Å². The number of aromatic nitrogens is 2. The lowest BCUT2D eigenvalue weighted by molar-refractivity contribution is -0.0810. The van der Waals surface area contributed by atoms with E-state index >= 15 is 0 Å². The maximum atomic E-state index is 5.79. The number of piperidine rings is 1. The standard InChI is InChI=1S/C16H23N3O3/c1-3-8-19-9-6-16(20-2,7-10-19)15-17-14(18-22-15)13-4-11-21-12-5-13/h1,13H,4-12H2,2H3. The van der Waals surface area contributed by atoms with Gasteiger partial charge in [0.25, 0.3) is 5.89 Å². The fourth-order valence-corrected chi connectivity index (χ4v) is 3.25. The van der Waals surface area contributed by atoms with E-state index in [1.54, 1.807) is 7.11 Å². The normalized spacial score (nSPS) is 23.3. The Morgan fingerprint density at radius 3 is 2.73 bits per heavy atom. The van der Waals surface area contributed by atoms with Crippen molar-refractivity contribution in [3.63, 3.8) is 0 Å². The predicted molar refractivity (Wildman–Crippen MR) is 80.3 cm³/mol. The molecule has 2 aliphatic rings. The minimum absolute atomic E-state index is 0.335. The summed E-state index contributed by atoms with van der Waals surface area (Å²) in [6.45, 7) is 3.98. The number of hydrogen-bond donors (Lipinski definition) is 0. The zero-order chi connectivity index (χ0) is 15.4. The maximum Gasteiger partial charge on any atom is 0.258 e. The Hall–Kier alpha value is -1.42. The molecule has 22 heavy (non-hydrogen) atoms. The highest BCUT2D eigenvalue weighted by Crippen LogP contribution is 2.36. The van der Waals surface area contributed by atoms with Crippen LogP contribution in [0.5, 0.6) is 0 Å². The molecule has 6 nitrogen and oxygen atoms in total. The van der Waals surface area contributed by atoms with Gasteiger partial charge in [0.05, 0.1) is 6.54 Å². The summed E-state index contributed by atoms with van der Waals surface area (Å²) in [6, 6.07) is 0. The molecule has 120 valence electrons. The Morgan fingerprint density at radius 2 is 2.09 bits per heavy atom. The molecule has 6 heteroatoms. The Labute approximate surface area is 131 Å². The van der Waals surface area contributed by atoms with Gasteiger partial charge in [-0.15, -0.1) is 6.42 Å². The average Bonchev–Trinajstić information content (AvgIpc) is 3.08. The summed E-state index contributed by atoms with van der Waals surface area (Å²) in [6.07, 6.45) is 8.93. The molecule has 3 rings (SSSR count). The van der Waals surface area contributed by atoms with E-state index in [0.29, 0.717) is 18.4 Å². The van der Waals surface area contributed by atoms with Gasteiger partial charge in [0.15, 0.2) is 5.82 Å². The lowest BCUT2D eigenvalue weighted by atomic mass is 9.90. The second kappa shape index (κ2) is 6.78. The minimum Gasteiger partial charge on any atom is -0.381 e. The number of likely N-dealkylation sites (tertiary alicyclic amines) is 1. The minimum atomic E-state index is -0.471. The molecule has 0 aliphatic carbocycles.